The topological polar surface area (TPSA) is 97.7 Å². The Hall–Kier alpha value is -3.43. The maximum absolute atomic E-state index is 12.7. The van der Waals surface area contributed by atoms with E-state index in [0.717, 1.165) is 16.6 Å². The maximum Gasteiger partial charge on any atom is 0.427 e. The molecule has 0 radical (unpaired) electrons. The molecule has 33 heavy (non-hydrogen) atoms. The zero-order valence-corrected chi connectivity index (χ0v) is 19.2. The van der Waals surface area contributed by atoms with Crippen molar-refractivity contribution in [3.05, 3.63) is 81.8 Å². The number of aromatic nitrogens is 2. The number of carbonyl (C=O) groups is 2. The molecule has 1 N–H and O–H groups in total. The first kappa shape index (κ1) is 24.2. The second-order valence-corrected chi connectivity index (χ2v) is 7.66. The number of halogens is 1. The van der Waals surface area contributed by atoms with E-state index in [1.807, 2.05) is 49.1 Å². The number of carbonyl (C=O) groups excluding carboxylic acids is 2. The van der Waals surface area contributed by atoms with Crippen LogP contribution in [0.15, 0.2) is 70.1 Å². The van der Waals surface area contributed by atoms with E-state index >= 15 is 0 Å². The number of anilines is 1. The highest BCUT2D eigenvalue weighted by molar-refractivity contribution is 6.30. The molecule has 1 atom stereocenters. The van der Waals surface area contributed by atoms with E-state index < -0.39 is 23.7 Å². The van der Waals surface area contributed by atoms with Crippen molar-refractivity contribution in [1.29, 1.82) is 0 Å². The Bertz CT molecular complexity index is 1120. The SMILES string of the molecule is CCN(CC)CC(=O)OC(C[n+]1cc(=O)on1C(=O)Nc1ccc(Cl)cc1)c1ccccc1. The summed E-state index contributed by atoms with van der Waals surface area (Å²) in [4.78, 5) is 40.0. The number of hydrogen-bond acceptors (Lipinski definition) is 6. The standard InChI is InChI=1S/C23H25ClN4O5/c1-3-26(4-2)15-21(29)32-20(17-8-6-5-7-9-17)14-27-16-22(30)33-28(27)23(31)25-19-12-10-18(24)11-13-19/h5-13,16,20H,3-4,14-15H2,1-2H3/p+1. The summed E-state index contributed by atoms with van der Waals surface area (Å²) < 4.78 is 12.1. The van der Waals surface area contributed by atoms with E-state index in [0.29, 0.717) is 23.8 Å². The summed E-state index contributed by atoms with van der Waals surface area (Å²) >= 11 is 5.87. The van der Waals surface area contributed by atoms with Crippen LogP contribution in [0.25, 0.3) is 0 Å². The quantitative estimate of drug-likeness (QED) is 0.379. The summed E-state index contributed by atoms with van der Waals surface area (Å²) in [5.74, 6) is -0.406. The van der Waals surface area contributed by atoms with Gasteiger partial charge in [-0.05, 0) is 42.9 Å². The zero-order valence-electron chi connectivity index (χ0n) is 18.4. The van der Waals surface area contributed by atoms with E-state index in [4.69, 9.17) is 20.9 Å². The normalized spacial score (nSPS) is 11.9. The van der Waals surface area contributed by atoms with Gasteiger partial charge in [0.05, 0.1) is 11.4 Å². The van der Waals surface area contributed by atoms with Crippen molar-refractivity contribution in [3.63, 3.8) is 0 Å². The van der Waals surface area contributed by atoms with Gasteiger partial charge in [-0.2, -0.15) is 0 Å². The molecule has 0 saturated carbocycles. The van der Waals surface area contributed by atoms with Gasteiger partial charge in [0.1, 0.15) is 0 Å². The van der Waals surface area contributed by atoms with Gasteiger partial charge in [-0.25, -0.2) is 9.59 Å². The lowest BCUT2D eigenvalue weighted by atomic mass is 10.1. The molecule has 9 nitrogen and oxygen atoms in total. The minimum atomic E-state index is -0.745. The molecule has 3 rings (SSSR count). The van der Waals surface area contributed by atoms with Gasteiger partial charge < -0.3 is 10.1 Å². The molecule has 0 spiro atoms. The highest BCUT2D eigenvalue weighted by Gasteiger charge is 2.29. The van der Waals surface area contributed by atoms with Crippen LogP contribution in [0.4, 0.5) is 10.5 Å². The van der Waals surface area contributed by atoms with Crippen LogP contribution in [0.2, 0.25) is 5.02 Å². The third-order valence-corrected chi connectivity index (χ3v) is 5.23. The summed E-state index contributed by atoms with van der Waals surface area (Å²) in [5.41, 5.74) is 0.469. The Labute approximate surface area is 196 Å². The van der Waals surface area contributed by atoms with Crippen molar-refractivity contribution in [2.75, 3.05) is 25.0 Å². The smallest absolute Gasteiger partial charge is 0.427 e. The van der Waals surface area contributed by atoms with E-state index in [9.17, 15) is 14.4 Å². The summed E-state index contributed by atoms with van der Waals surface area (Å²) in [6.07, 6.45) is 0.390. The van der Waals surface area contributed by atoms with Crippen molar-refractivity contribution in [1.82, 2.24) is 9.75 Å². The monoisotopic (exact) mass is 473 g/mol. The number of esters is 1. The molecular weight excluding hydrogens is 448 g/mol. The van der Waals surface area contributed by atoms with Crippen LogP contribution in [0.3, 0.4) is 0 Å². The van der Waals surface area contributed by atoms with Crippen molar-refractivity contribution >= 4 is 29.3 Å². The fourth-order valence-electron chi connectivity index (χ4n) is 3.20. The summed E-state index contributed by atoms with van der Waals surface area (Å²) in [6, 6.07) is 14.9. The number of likely N-dealkylation sites (N-methyl/N-ethyl adjacent to an activating group) is 1. The Kier molecular flexibility index (Phi) is 8.39. The molecule has 174 valence electrons. The Morgan fingerprint density at radius 3 is 2.42 bits per heavy atom. The zero-order chi connectivity index (χ0) is 23.8. The fourth-order valence-corrected chi connectivity index (χ4v) is 3.32. The average Bonchev–Trinajstić information content (AvgIpc) is 3.19. The van der Waals surface area contributed by atoms with Crippen LogP contribution in [-0.4, -0.2) is 41.4 Å². The van der Waals surface area contributed by atoms with Crippen LogP contribution in [0, 0.1) is 0 Å². The number of ether oxygens (including phenoxy) is 1. The number of nitrogens with zero attached hydrogens (tertiary/aromatic N) is 3. The molecule has 1 heterocycles. The summed E-state index contributed by atoms with van der Waals surface area (Å²) in [5, 5.41) is 3.15. The Morgan fingerprint density at radius 2 is 1.79 bits per heavy atom. The number of hydrogen-bond donors (Lipinski definition) is 1. The van der Waals surface area contributed by atoms with Gasteiger partial charge in [0.25, 0.3) is 6.20 Å². The molecule has 1 aromatic heterocycles. The van der Waals surface area contributed by atoms with Crippen LogP contribution >= 0.6 is 11.6 Å². The molecule has 0 aliphatic carbocycles. The number of nitrogens with one attached hydrogen (secondary N) is 1. The number of rotatable bonds is 9. The fraction of sp³-hybridized carbons (Fsp3) is 0.304. The molecule has 0 fully saturated rings. The van der Waals surface area contributed by atoms with Crippen molar-refractivity contribution in [3.8, 4) is 0 Å². The predicted molar refractivity (Wildman–Crippen MR) is 122 cm³/mol. The minimum absolute atomic E-state index is 0.00617. The molecule has 3 aromatic rings. The third-order valence-electron chi connectivity index (χ3n) is 4.98. The summed E-state index contributed by atoms with van der Waals surface area (Å²) in [6.45, 7) is 5.48. The second-order valence-electron chi connectivity index (χ2n) is 7.22. The number of amides is 1. The third kappa shape index (κ3) is 6.77. The van der Waals surface area contributed by atoms with Gasteiger partial charge in [0, 0.05) is 10.7 Å². The maximum atomic E-state index is 12.7. The first-order valence-electron chi connectivity index (χ1n) is 10.6. The van der Waals surface area contributed by atoms with Gasteiger partial charge in [-0.3, -0.25) is 14.2 Å². The van der Waals surface area contributed by atoms with Gasteiger partial charge in [-0.1, -0.05) is 60.5 Å². The van der Waals surface area contributed by atoms with Gasteiger partial charge in [0.2, 0.25) is 6.54 Å². The average molecular weight is 474 g/mol. The molecule has 0 aliphatic heterocycles. The Balaban J connectivity index is 1.82. The molecule has 0 aliphatic rings. The second kappa shape index (κ2) is 11.4. The molecule has 1 unspecified atom stereocenters. The van der Waals surface area contributed by atoms with E-state index in [2.05, 4.69) is 5.32 Å². The van der Waals surface area contributed by atoms with Crippen LogP contribution < -0.4 is 15.6 Å². The first-order valence-corrected chi connectivity index (χ1v) is 10.9. The van der Waals surface area contributed by atoms with Gasteiger partial charge in [0.15, 0.2) is 6.10 Å². The lowest BCUT2D eigenvalue weighted by molar-refractivity contribution is -0.783. The molecule has 2 aromatic carbocycles. The van der Waals surface area contributed by atoms with Crippen LogP contribution in [0.5, 0.6) is 0 Å². The molecule has 0 bridgehead atoms. The molecular formula is C23H26ClN4O5+. The van der Waals surface area contributed by atoms with Gasteiger partial charge >= 0.3 is 17.6 Å². The first-order chi connectivity index (χ1) is 15.9. The van der Waals surface area contributed by atoms with E-state index in [1.165, 1.54) is 4.68 Å². The van der Waals surface area contributed by atoms with Gasteiger partial charge in [-0.15, -0.1) is 0 Å². The molecule has 1 amide bonds. The lowest BCUT2D eigenvalue weighted by Gasteiger charge is -2.20. The van der Waals surface area contributed by atoms with Crippen molar-refractivity contribution in [2.24, 2.45) is 0 Å². The molecule has 10 heteroatoms. The van der Waals surface area contributed by atoms with E-state index in [1.54, 1.807) is 24.3 Å². The van der Waals surface area contributed by atoms with Crippen molar-refractivity contribution in [2.45, 2.75) is 26.5 Å². The highest BCUT2D eigenvalue weighted by Crippen LogP contribution is 2.18. The summed E-state index contributed by atoms with van der Waals surface area (Å²) in [7, 11) is 0. The van der Waals surface area contributed by atoms with Crippen molar-refractivity contribution < 1.29 is 23.5 Å². The largest absolute Gasteiger partial charge is 0.450 e. The Morgan fingerprint density at radius 1 is 1.12 bits per heavy atom. The van der Waals surface area contributed by atoms with Crippen LogP contribution in [0.1, 0.15) is 25.5 Å². The van der Waals surface area contributed by atoms with E-state index in [-0.39, 0.29) is 13.1 Å². The van der Waals surface area contributed by atoms with Crippen LogP contribution in [-0.2, 0) is 16.1 Å². The highest BCUT2D eigenvalue weighted by atomic mass is 35.5. The molecule has 0 saturated heterocycles. The minimum Gasteiger partial charge on any atom is -0.450 e. The number of benzene rings is 2. The predicted octanol–water partition coefficient (Wildman–Crippen LogP) is 3.09. The lowest BCUT2D eigenvalue weighted by Crippen LogP contribution is -2.49.